The van der Waals surface area contributed by atoms with Crippen LogP contribution >= 0.6 is 0 Å². The largest absolute Gasteiger partial charge is 1.00 e. The molecule has 1 aromatic carbocycles. The fraction of sp³-hybridized carbons (Fsp3) is 0.647. The van der Waals surface area contributed by atoms with E-state index in [9.17, 15) is 0 Å². The molecule has 0 bridgehead atoms. The number of hydrogen-bond donors (Lipinski definition) is 1. The Morgan fingerprint density at radius 2 is 1.55 bits per heavy atom. The molecule has 0 saturated heterocycles. The van der Waals surface area contributed by atoms with Gasteiger partial charge in [0.05, 0.1) is 20.6 Å². The van der Waals surface area contributed by atoms with Gasteiger partial charge in [-0.1, -0.05) is 57.0 Å². The molecule has 2 N–H and O–H groups in total. The van der Waals surface area contributed by atoms with Crippen LogP contribution < -0.4 is 18.1 Å². The summed E-state index contributed by atoms with van der Waals surface area (Å²) in [7, 11) is 4.58. The number of rotatable bonds is 7. The molecule has 0 aromatic heterocycles. The molecule has 0 saturated carbocycles. The van der Waals surface area contributed by atoms with Gasteiger partial charge in [-0.25, -0.2) is 0 Å². The lowest BCUT2D eigenvalue weighted by molar-refractivity contribution is -0.903. The maximum Gasteiger partial charge on any atom is 0.104 e. The molecule has 0 heterocycles. The third kappa shape index (κ3) is 12.5. The summed E-state index contributed by atoms with van der Waals surface area (Å²) < 4.78 is 1.08. The number of quaternary nitrogens is 1. The molecular formula is C17H33ClN2. The summed E-state index contributed by atoms with van der Waals surface area (Å²) in [6.45, 7) is 7.65. The summed E-state index contributed by atoms with van der Waals surface area (Å²) in [5.74, 6) is 0. The van der Waals surface area contributed by atoms with Crippen molar-refractivity contribution in [3.8, 4) is 0 Å². The highest BCUT2D eigenvalue weighted by atomic mass is 35.5. The minimum atomic E-state index is 0. The van der Waals surface area contributed by atoms with E-state index in [1.54, 1.807) is 0 Å². The molecule has 0 aliphatic carbocycles. The van der Waals surface area contributed by atoms with E-state index in [0.717, 1.165) is 17.6 Å². The van der Waals surface area contributed by atoms with Crippen molar-refractivity contribution in [1.82, 2.24) is 0 Å². The predicted molar refractivity (Wildman–Crippen MR) is 86.0 cm³/mol. The van der Waals surface area contributed by atoms with E-state index in [4.69, 9.17) is 5.73 Å². The lowest BCUT2D eigenvalue weighted by Crippen LogP contribution is -3.00. The zero-order chi connectivity index (χ0) is 14.6. The molecule has 0 amide bonds. The molecule has 1 aromatic rings. The Hall–Kier alpha value is -0.570. The Kier molecular flexibility index (Phi) is 14.6. The second-order valence-electron chi connectivity index (χ2n) is 5.80. The maximum absolute atomic E-state index is 5.21. The van der Waals surface area contributed by atoms with Crippen molar-refractivity contribution in [2.45, 2.75) is 46.1 Å². The van der Waals surface area contributed by atoms with Gasteiger partial charge in [-0.2, -0.15) is 0 Å². The molecule has 0 radical (unpaired) electrons. The van der Waals surface area contributed by atoms with Crippen molar-refractivity contribution < 1.29 is 16.9 Å². The van der Waals surface area contributed by atoms with E-state index in [-0.39, 0.29) is 12.4 Å². The van der Waals surface area contributed by atoms with Gasteiger partial charge in [0.2, 0.25) is 0 Å². The topological polar surface area (TPSA) is 26.0 Å². The van der Waals surface area contributed by atoms with Gasteiger partial charge in [0, 0.05) is 5.56 Å². The Labute approximate surface area is 132 Å². The number of unbranched alkanes of at least 4 members (excludes halogenated alkanes) is 2. The lowest BCUT2D eigenvalue weighted by atomic mass is 10.2. The van der Waals surface area contributed by atoms with Gasteiger partial charge >= 0.3 is 0 Å². The smallest absolute Gasteiger partial charge is 0.104 e. The summed E-state index contributed by atoms with van der Waals surface area (Å²) in [6, 6.07) is 10.7. The minimum Gasteiger partial charge on any atom is -1.00 e. The highest BCUT2D eigenvalue weighted by Crippen LogP contribution is 2.09. The van der Waals surface area contributed by atoms with Crippen LogP contribution in [0.2, 0.25) is 0 Å². The quantitative estimate of drug-likeness (QED) is 0.585. The van der Waals surface area contributed by atoms with Crippen molar-refractivity contribution in [3.05, 3.63) is 35.9 Å². The Balaban J connectivity index is 0. The van der Waals surface area contributed by atoms with E-state index in [0.29, 0.717) is 0 Å². The van der Waals surface area contributed by atoms with Crippen molar-refractivity contribution in [2.24, 2.45) is 5.73 Å². The van der Waals surface area contributed by atoms with Gasteiger partial charge in [-0.15, -0.1) is 0 Å². The molecule has 3 heteroatoms. The Morgan fingerprint density at radius 1 is 0.950 bits per heavy atom. The summed E-state index contributed by atoms with van der Waals surface area (Å²) >= 11 is 0. The molecule has 20 heavy (non-hydrogen) atoms. The van der Waals surface area contributed by atoms with Crippen molar-refractivity contribution in [2.75, 3.05) is 27.2 Å². The average molecular weight is 301 g/mol. The molecule has 0 atom stereocenters. The van der Waals surface area contributed by atoms with Gasteiger partial charge in [0.15, 0.2) is 0 Å². The first kappa shape index (κ1) is 21.7. The average Bonchev–Trinajstić information content (AvgIpc) is 2.37. The SMILES string of the molecule is CCCCCN.CCC[N+](C)(C)Cc1ccccc1.[Cl-]. The first-order valence-corrected chi connectivity index (χ1v) is 7.61. The zero-order valence-corrected chi connectivity index (χ0v) is 14.5. The standard InChI is InChI=1S/C12H20N.C5H13N.ClH/c1-4-10-13(2,3)11-12-8-6-5-7-9-12;1-2-3-4-5-6;/h5-9H,4,10-11H2,1-3H3;2-6H2,1H3;1H/q+1;;/p-1. The van der Waals surface area contributed by atoms with Crippen LogP contribution in [-0.4, -0.2) is 31.7 Å². The van der Waals surface area contributed by atoms with Crippen LogP contribution in [0.1, 0.15) is 45.1 Å². The van der Waals surface area contributed by atoms with E-state index in [2.05, 4.69) is 58.3 Å². The molecule has 0 fully saturated rings. The number of benzene rings is 1. The monoisotopic (exact) mass is 300 g/mol. The van der Waals surface area contributed by atoms with Gasteiger partial charge < -0.3 is 22.6 Å². The van der Waals surface area contributed by atoms with Crippen LogP contribution in [0.15, 0.2) is 30.3 Å². The second-order valence-corrected chi connectivity index (χ2v) is 5.80. The molecule has 0 aliphatic heterocycles. The fourth-order valence-corrected chi connectivity index (χ4v) is 2.16. The van der Waals surface area contributed by atoms with Gasteiger partial charge in [0.25, 0.3) is 0 Å². The van der Waals surface area contributed by atoms with Crippen LogP contribution in [0.5, 0.6) is 0 Å². The molecule has 118 valence electrons. The van der Waals surface area contributed by atoms with Gasteiger partial charge in [-0.05, 0) is 19.4 Å². The molecule has 0 unspecified atom stereocenters. The van der Waals surface area contributed by atoms with Crippen LogP contribution in [0.25, 0.3) is 0 Å². The Morgan fingerprint density at radius 3 is 1.95 bits per heavy atom. The van der Waals surface area contributed by atoms with Crippen molar-refractivity contribution >= 4 is 0 Å². The van der Waals surface area contributed by atoms with Crippen LogP contribution in [0, 0.1) is 0 Å². The first-order valence-electron chi connectivity index (χ1n) is 7.61. The second kappa shape index (κ2) is 13.4. The third-order valence-corrected chi connectivity index (χ3v) is 3.09. The van der Waals surface area contributed by atoms with Crippen LogP contribution in [0.4, 0.5) is 0 Å². The predicted octanol–water partition coefficient (Wildman–Crippen LogP) is 0.812. The fourth-order valence-electron chi connectivity index (χ4n) is 2.16. The van der Waals surface area contributed by atoms with Crippen molar-refractivity contribution in [1.29, 1.82) is 0 Å². The summed E-state index contributed by atoms with van der Waals surface area (Å²) in [5.41, 5.74) is 6.65. The van der Waals surface area contributed by atoms with Crippen molar-refractivity contribution in [3.63, 3.8) is 0 Å². The minimum absolute atomic E-state index is 0. The highest BCUT2D eigenvalue weighted by molar-refractivity contribution is 5.13. The number of nitrogens with two attached hydrogens (primary N) is 1. The van der Waals surface area contributed by atoms with Gasteiger partial charge in [0.1, 0.15) is 6.54 Å². The molecule has 2 nitrogen and oxygen atoms in total. The van der Waals surface area contributed by atoms with E-state index in [1.165, 1.54) is 37.8 Å². The highest BCUT2D eigenvalue weighted by Gasteiger charge is 2.13. The normalized spacial score (nSPS) is 10.2. The molecule has 0 spiro atoms. The summed E-state index contributed by atoms with van der Waals surface area (Å²) in [6.07, 6.45) is 5.00. The number of hydrogen-bond acceptors (Lipinski definition) is 1. The van der Waals surface area contributed by atoms with Crippen LogP contribution in [-0.2, 0) is 6.54 Å². The molecule has 0 aliphatic rings. The Bertz CT molecular complexity index is 295. The van der Waals surface area contributed by atoms with Gasteiger partial charge in [-0.3, -0.25) is 0 Å². The van der Waals surface area contributed by atoms with E-state index in [1.807, 2.05) is 0 Å². The maximum atomic E-state index is 5.21. The summed E-state index contributed by atoms with van der Waals surface area (Å²) in [4.78, 5) is 0. The molecule has 1 rings (SSSR count). The zero-order valence-electron chi connectivity index (χ0n) is 13.7. The number of halogens is 1. The number of nitrogens with zero attached hydrogens (tertiary/aromatic N) is 1. The van der Waals surface area contributed by atoms with E-state index >= 15 is 0 Å². The van der Waals surface area contributed by atoms with Crippen LogP contribution in [0.3, 0.4) is 0 Å². The molecular weight excluding hydrogens is 268 g/mol. The van der Waals surface area contributed by atoms with E-state index < -0.39 is 0 Å². The third-order valence-electron chi connectivity index (χ3n) is 3.09. The first-order chi connectivity index (χ1) is 9.05. The lowest BCUT2D eigenvalue weighted by Gasteiger charge is -2.29. The summed E-state index contributed by atoms with van der Waals surface area (Å²) in [5, 5.41) is 0.